The van der Waals surface area contributed by atoms with Crippen LogP contribution in [0.5, 0.6) is 0 Å². The Morgan fingerprint density at radius 2 is 2.00 bits per heavy atom. The van der Waals surface area contributed by atoms with Gasteiger partial charge >= 0.3 is 5.97 Å². The van der Waals surface area contributed by atoms with Crippen LogP contribution >= 0.6 is 23.2 Å². The van der Waals surface area contributed by atoms with E-state index in [1.165, 1.54) is 12.1 Å². The summed E-state index contributed by atoms with van der Waals surface area (Å²) < 4.78 is 1.08. The third-order valence-corrected chi connectivity index (χ3v) is 2.90. The average Bonchev–Trinajstić information content (AvgIpc) is 2.64. The quantitative estimate of drug-likeness (QED) is 0.880. The Hall–Kier alpha value is -1.72. The first kappa shape index (κ1) is 11.8. The van der Waals surface area contributed by atoms with E-state index in [1.54, 1.807) is 6.07 Å². The van der Waals surface area contributed by atoms with E-state index in [9.17, 15) is 9.59 Å². The topological polar surface area (TPSA) is 75.1 Å². The van der Waals surface area contributed by atoms with Crippen LogP contribution in [0.4, 0.5) is 0 Å². The van der Waals surface area contributed by atoms with Crippen molar-refractivity contribution in [2.45, 2.75) is 0 Å². The van der Waals surface area contributed by atoms with Crippen molar-refractivity contribution in [1.82, 2.24) is 9.78 Å². The SMILES string of the molecule is O=C(O)c1c[nH]n(-c2ccc(Cl)c(Cl)c2)c1=O. The van der Waals surface area contributed by atoms with E-state index in [2.05, 4.69) is 5.10 Å². The highest BCUT2D eigenvalue weighted by Crippen LogP contribution is 2.23. The van der Waals surface area contributed by atoms with Crippen LogP contribution in [0.15, 0.2) is 29.2 Å². The molecule has 1 aromatic carbocycles. The molecule has 0 aliphatic heterocycles. The molecule has 0 saturated carbocycles. The number of aromatic carboxylic acids is 1. The average molecular weight is 273 g/mol. The summed E-state index contributed by atoms with van der Waals surface area (Å²) in [5.74, 6) is -1.29. The van der Waals surface area contributed by atoms with E-state index in [0.29, 0.717) is 10.7 Å². The number of aromatic nitrogens is 2. The maximum absolute atomic E-state index is 11.7. The Kier molecular flexibility index (Phi) is 2.95. The number of rotatable bonds is 2. The number of H-pyrrole nitrogens is 1. The van der Waals surface area contributed by atoms with E-state index in [-0.39, 0.29) is 10.6 Å². The number of carboxylic acids is 1. The van der Waals surface area contributed by atoms with Gasteiger partial charge in [0.1, 0.15) is 5.56 Å². The Labute approximate surface area is 105 Å². The summed E-state index contributed by atoms with van der Waals surface area (Å²) in [6, 6.07) is 4.54. The van der Waals surface area contributed by atoms with Gasteiger partial charge in [-0.05, 0) is 18.2 Å². The van der Waals surface area contributed by atoms with Gasteiger partial charge in [-0.1, -0.05) is 23.2 Å². The van der Waals surface area contributed by atoms with Gasteiger partial charge < -0.3 is 5.11 Å². The van der Waals surface area contributed by atoms with Crippen molar-refractivity contribution < 1.29 is 9.90 Å². The number of hydrogen-bond donors (Lipinski definition) is 2. The lowest BCUT2D eigenvalue weighted by atomic mass is 10.3. The fraction of sp³-hybridized carbons (Fsp3) is 0. The van der Waals surface area contributed by atoms with Crippen LogP contribution in [0.2, 0.25) is 10.0 Å². The summed E-state index contributed by atoms with van der Waals surface area (Å²) in [5.41, 5.74) is -0.580. The minimum absolute atomic E-state index is 0.280. The maximum Gasteiger partial charge on any atom is 0.342 e. The molecule has 88 valence electrons. The number of carbonyl (C=O) groups is 1. The molecule has 0 saturated heterocycles. The predicted octanol–water partition coefficient (Wildman–Crippen LogP) is 2.17. The van der Waals surface area contributed by atoms with E-state index >= 15 is 0 Å². The van der Waals surface area contributed by atoms with Crippen LogP contribution in [-0.4, -0.2) is 20.9 Å². The Bertz CT molecular complexity index is 645. The summed E-state index contributed by atoms with van der Waals surface area (Å²) in [7, 11) is 0. The zero-order chi connectivity index (χ0) is 12.6. The molecule has 0 spiro atoms. The van der Waals surface area contributed by atoms with Crippen molar-refractivity contribution >= 4 is 29.2 Å². The number of carboxylic acid groups (broad SMARTS) is 1. The second-order valence-corrected chi connectivity index (χ2v) is 4.05. The normalized spacial score (nSPS) is 10.5. The molecule has 0 radical (unpaired) electrons. The number of nitrogens with one attached hydrogen (secondary N) is 1. The number of halogens is 2. The molecule has 0 aliphatic carbocycles. The third-order valence-electron chi connectivity index (χ3n) is 2.16. The first-order valence-electron chi connectivity index (χ1n) is 4.50. The van der Waals surface area contributed by atoms with Crippen molar-refractivity contribution in [3.63, 3.8) is 0 Å². The van der Waals surface area contributed by atoms with Gasteiger partial charge in [0.25, 0.3) is 5.56 Å². The minimum Gasteiger partial charge on any atom is -0.477 e. The van der Waals surface area contributed by atoms with E-state index in [1.807, 2.05) is 0 Å². The Balaban J connectivity index is 2.58. The molecule has 7 heteroatoms. The van der Waals surface area contributed by atoms with Crippen LogP contribution in [0.3, 0.4) is 0 Å². The summed E-state index contributed by atoms with van der Waals surface area (Å²) in [4.78, 5) is 22.4. The molecule has 5 nitrogen and oxygen atoms in total. The Morgan fingerprint density at radius 3 is 2.53 bits per heavy atom. The largest absolute Gasteiger partial charge is 0.477 e. The van der Waals surface area contributed by atoms with Crippen molar-refractivity contribution in [3.05, 3.63) is 50.4 Å². The molecule has 17 heavy (non-hydrogen) atoms. The molecule has 0 aliphatic rings. The number of benzene rings is 1. The molecule has 0 amide bonds. The van der Waals surface area contributed by atoms with Crippen LogP contribution in [0.1, 0.15) is 10.4 Å². The van der Waals surface area contributed by atoms with Crippen LogP contribution < -0.4 is 5.56 Å². The first-order chi connectivity index (χ1) is 8.00. The fourth-order valence-electron chi connectivity index (χ4n) is 1.34. The molecule has 2 rings (SSSR count). The van der Waals surface area contributed by atoms with E-state index in [4.69, 9.17) is 28.3 Å². The number of nitrogens with zero attached hydrogens (tertiary/aromatic N) is 1. The molecule has 1 heterocycles. The van der Waals surface area contributed by atoms with Gasteiger partial charge in [0, 0.05) is 6.20 Å². The molecular formula is C10H6Cl2N2O3. The van der Waals surface area contributed by atoms with Crippen molar-refractivity contribution in [1.29, 1.82) is 0 Å². The standard InChI is InChI=1S/C10H6Cl2N2O3/c11-7-2-1-5(3-8(7)12)14-9(15)6(4-13-14)10(16)17/h1-4,13H,(H,16,17). The lowest BCUT2D eigenvalue weighted by Gasteiger charge is -2.02. The number of hydrogen-bond acceptors (Lipinski definition) is 2. The first-order valence-corrected chi connectivity index (χ1v) is 5.25. The van der Waals surface area contributed by atoms with Crippen LogP contribution in [0.25, 0.3) is 5.69 Å². The molecule has 0 bridgehead atoms. The van der Waals surface area contributed by atoms with Crippen LogP contribution in [0, 0.1) is 0 Å². The van der Waals surface area contributed by atoms with Gasteiger partial charge in [0.15, 0.2) is 0 Å². The van der Waals surface area contributed by atoms with E-state index < -0.39 is 11.5 Å². The lowest BCUT2D eigenvalue weighted by molar-refractivity contribution is 0.0695. The van der Waals surface area contributed by atoms with Crippen molar-refractivity contribution in [2.75, 3.05) is 0 Å². The molecule has 2 N–H and O–H groups in total. The lowest BCUT2D eigenvalue weighted by Crippen LogP contribution is -2.19. The molecular weight excluding hydrogens is 267 g/mol. The Morgan fingerprint density at radius 1 is 1.29 bits per heavy atom. The van der Waals surface area contributed by atoms with Crippen molar-refractivity contribution in [2.24, 2.45) is 0 Å². The minimum atomic E-state index is -1.29. The monoisotopic (exact) mass is 272 g/mol. The van der Waals surface area contributed by atoms with Crippen LogP contribution in [-0.2, 0) is 0 Å². The smallest absolute Gasteiger partial charge is 0.342 e. The summed E-state index contributed by atoms with van der Waals surface area (Å²) in [6.45, 7) is 0. The molecule has 1 aromatic heterocycles. The van der Waals surface area contributed by atoms with Gasteiger partial charge in [-0.2, -0.15) is 0 Å². The maximum atomic E-state index is 11.7. The predicted molar refractivity (Wildman–Crippen MR) is 63.4 cm³/mol. The highest BCUT2D eigenvalue weighted by atomic mass is 35.5. The third kappa shape index (κ3) is 2.07. The highest BCUT2D eigenvalue weighted by Gasteiger charge is 2.14. The summed E-state index contributed by atoms with van der Waals surface area (Å²) in [5, 5.41) is 11.9. The zero-order valence-electron chi connectivity index (χ0n) is 8.28. The fourth-order valence-corrected chi connectivity index (χ4v) is 1.63. The van der Waals surface area contributed by atoms with E-state index in [0.717, 1.165) is 10.9 Å². The van der Waals surface area contributed by atoms with Gasteiger partial charge in [-0.15, -0.1) is 0 Å². The zero-order valence-corrected chi connectivity index (χ0v) is 9.79. The van der Waals surface area contributed by atoms with Gasteiger partial charge in [-0.3, -0.25) is 9.89 Å². The summed E-state index contributed by atoms with van der Waals surface area (Å²) >= 11 is 11.5. The van der Waals surface area contributed by atoms with Crippen molar-refractivity contribution in [3.8, 4) is 5.69 Å². The summed E-state index contributed by atoms with van der Waals surface area (Å²) in [6.07, 6.45) is 1.12. The number of aromatic amines is 1. The van der Waals surface area contributed by atoms with Gasteiger partial charge in [0.05, 0.1) is 15.7 Å². The second kappa shape index (κ2) is 4.27. The van der Waals surface area contributed by atoms with Gasteiger partial charge in [-0.25, -0.2) is 9.48 Å². The molecule has 2 aromatic rings. The molecule has 0 atom stereocenters. The molecule has 0 fully saturated rings. The van der Waals surface area contributed by atoms with Gasteiger partial charge in [0.2, 0.25) is 0 Å². The highest BCUT2D eigenvalue weighted by molar-refractivity contribution is 6.42. The molecule has 0 unspecified atom stereocenters. The second-order valence-electron chi connectivity index (χ2n) is 3.23.